The minimum Gasteiger partial charge on any atom is -0.332 e. The van der Waals surface area contributed by atoms with E-state index in [1.54, 1.807) is 17.5 Å². The van der Waals surface area contributed by atoms with Gasteiger partial charge in [0.15, 0.2) is 0 Å². The van der Waals surface area contributed by atoms with Crippen LogP contribution < -0.4 is 5.73 Å². The van der Waals surface area contributed by atoms with Crippen LogP contribution in [0.4, 0.5) is 13.2 Å². The lowest BCUT2D eigenvalue weighted by Gasteiger charge is -2.24. The molecular weight excluding hydrogens is 253 g/mol. The van der Waals surface area contributed by atoms with E-state index in [-0.39, 0.29) is 6.54 Å². The molecule has 0 radical (unpaired) electrons. The average Bonchev–Trinajstić information content (AvgIpc) is 2.75. The number of likely N-dealkylation sites (N-methyl/N-ethyl adjacent to an activating group) is 1. The van der Waals surface area contributed by atoms with Crippen molar-refractivity contribution < 1.29 is 18.0 Å². The topological polar surface area (TPSA) is 46.3 Å². The van der Waals surface area contributed by atoms with E-state index in [1.165, 1.54) is 18.3 Å². The molecule has 0 aliphatic rings. The Bertz CT molecular complexity index is 364. The number of carbonyl (C=O) groups is 1. The Morgan fingerprint density at radius 3 is 2.65 bits per heavy atom. The third kappa shape index (κ3) is 4.01. The van der Waals surface area contributed by atoms with Gasteiger partial charge in [-0.2, -0.15) is 13.2 Å². The molecule has 96 valence electrons. The second kappa shape index (κ2) is 5.50. The fraction of sp³-hybridized carbons (Fsp3) is 0.500. The molecule has 1 aromatic rings. The van der Waals surface area contributed by atoms with Crippen molar-refractivity contribution in [2.75, 3.05) is 13.1 Å². The van der Waals surface area contributed by atoms with Crippen LogP contribution in [0.2, 0.25) is 0 Å². The maximum absolute atomic E-state index is 12.2. The van der Waals surface area contributed by atoms with Gasteiger partial charge in [-0.05, 0) is 18.4 Å². The first-order valence-electron chi connectivity index (χ1n) is 4.99. The van der Waals surface area contributed by atoms with Crippen molar-refractivity contribution in [3.63, 3.8) is 0 Å². The number of thiophene rings is 1. The number of amides is 1. The summed E-state index contributed by atoms with van der Waals surface area (Å²) in [4.78, 5) is 13.0. The van der Waals surface area contributed by atoms with Gasteiger partial charge < -0.3 is 10.6 Å². The van der Waals surface area contributed by atoms with Crippen LogP contribution in [0.25, 0.3) is 0 Å². The highest BCUT2D eigenvalue weighted by Gasteiger charge is 2.34. The van der Waals surface area contributed by atoms with E-state index in [4.69, 9.17) is 5.73 Å². The van der Waals surface area contributed by atoms with Crippen molar-refractivity contribution >= 4 is 17.2 Å². The number of nitrogens with two attached hydrogens (primary N) is 1. The highest BCUT2D eigenvalue weighted by molar-refractivity contribution is 7.10. The minimum atomic E-state index is -4.40. The van der Waals surface area contributed by atoms with Gasteiger partial charge in [0.2, 0.25) is 5.91 Å². The van der Waals surface area contributed by atoms with Crippen molar-refractivity contribution in [1.82, 2.24) is 4.90 Å². The van der Waals surface area contributed by atoms with Crippen molar-refractivity contribution in [3.05, 3.63) is 22.4 Å². The van der Waals surface area contributed by atoms with Crippen LogP contribution in [-0.2, 0) is 4.79 Å². The minimum absolute atomic E-state index is 0.0164. The molecule has 2 N–H and O–H groups in total. The van der Waals surface area contributed by atoms with E-state index in [9.17, 15) is 18.0 Å². The molecular formula is C10H13F3N2OS. The lowest BCUT2D eigenvalue weighted by Crippen LogP contribution is -2.43. The third-order valence-electron chi connectivity index (χ3n) is 2.18. The van der Waals surface area contributed by atoms with Crippen LogP contribution in [0.5, 0.6) is 0 Å². The van der Waals surface area contributed by atoms with Crippen LogP contribution >= 0.6 is 11.3 Å². The van der Waals surface area contributed by atoms with Crippen LogP contribution in [0.3, 0.4) is 0 Å². The van der Waals surface area contributed by atoms with Crippen molar-refractivity contribution in [1.29, 1.82) is 0 Å². The molecule has 1 aromatic heterocycles. The molecule has 0 aliphatic carbocycles. The predicted molar refractivity (Wildman–Crippen MR) is 59.6 cm³/mol. The highest BCUT2D eigenvalue weighted by atomic mass is 32.1. The van der Waals surface area contributed by atoms with Crippen LogP contribution in [-0.4, -0.2) is 30.1 Å². The van der Waals surface area contributed by atoms with Crippen LogP contribution in [0.1, 0.15) is 17.8 Å². The number of alkyl halides is 3. The first-order chi connectivity index (χ1) is 7.85. The van der Waals surface area contributed by atoms with E-state index in [0.717, 1.165) is 0 Å². The number of hydrogen-bond acceptors (Lipinski definition) is 3. The smallest absolute Gasteiger partial charge is 0.332 e. The molecule has 3 nitrogen and oxygen atoms in total. The highest BCUT2D eigenvalue weighted by Crippen LogP contribution is 2.22. The summed E-state index contributed by atoms with van der Waals surface area (Å²) < 4.78 is 36.7. The summed E-state index contributed by atoms with van der Waals surface area (Å²) in [5.74, 6) is -0.702. The van der Waals surface area contributed by atoms with E-state index in [0.29, 0.717) is 9.78 Å². The van der Waals surface area contributed by atoms with Gasteiger partial charge in [0.1, 0.15) is 12.6 Å². The van der Waals surface area contributed by atoms with Crippen molar-refractivity contribution in [3.8, 4) is 0 Å². The van der Waals surface area contributed by atoms with E-state index >= 15 is 0 Å². The molecule has 17 heavy (non-hydrogen) atoms. The van der Waals surface area contributed by atoms with Gasteiger partial charge in [-0.15, -0.1) is 11.3 Å². The molecule has 0 aromatic carbocycles. The zero-order valence-corrected chi connectivity index (χ0v) is 10.0. The largest absolute Gasteiger partial charge is 0.406 e. The quantitative estimate of drug-likeness (QED) is 0.907. The monoisotopic (exact) mass is 266 g/mol. The lowest BCUT2D eigenvalue weighted by atomic mass is 10.2. The maximum Gasteiger partial charge on any atom is 0.406 e. The molecule has 1 rings (SSSR count). The van der Waals surface area contributed by atoms with Crippen LogP contribution in [0.15, 0.2) is 17.5 Å². The second-order valence-electron chi connectivity index (χ2n) is 3.46. The Balaban J connectivity index is 2.73. The second-order valence-corrected chi connectivity index (χ2v) is 4.44. The van der Waals surface area contributed by atoms with E-state index in [2.05, 4.69) is 0 Å². The van der Waals surface area contributed by atoms with Crippen LogP contribution in [0, 0.1) is 0 Å². The molecule has 1 heterocycles. The van der Waals surface area contributed by atoms with Gasteiger partial charge >= 0.3 is 6.18 Å². The number of carbonyl (C=O) groups excluding carboxylic acids is 1. The fourth-order valence-corrected chi connectivity index (χ4v) is 2.07. The molecule has 0 fully saturated rings. The molecule has 0 bridgehead atoms. The zero-order valence-electron chi connectivity index (χ0n) is 9.20. The van der Waals surface area contributed by atoms with Crippen molar-refractivity contribution in [2.45, 2.75) is 19.1 Å². The third-order valence-corrected chi connectivity index (χ3v) is 3.13. The Labute approximate surface area is 101 Å². The number of halogens is 3. The van der Waals surface area contributed by atoms with Gasteiger partial charge in [-0.3, -0.25) is 4.79 Å². The van der Waals surface area contributed by atoms with E-state index in [1.807, 2.05) is 0 Å². The number of hydrogen-bond donors (Lipinski definition) is 1. The predicted octanol–water partition coefficient (Wildman–Crippen LogP) is 2.16. The molecule has 0 spiro atoms. The summed E-state index contributed by atoms with van der Waals surface area (Å²) in [7, 11) is 0. The Morgan fingerprint density at radius 1 is 1.59 bits per heavy atom. The normalized spacial score (nSPS) is 13.5. The molecule has 1 amide bonds. The van der Waals surface area contributed by atoms with Gasteiger partial charge in [-0.1, -0.05) is 6.07 Å². The summed E-state index contributed by atoms with van der Waals surface area (Å²) in [6.45, 7) is 0.212. The first kappa shape index (κ1) is 14.0. The summed E-state index contributed by atoms with van der Waals surface area (Å²) in [6, 6.07) is 2.32. The van der Waals surface area contributed by atoms with Gasteiger partial charge in [-0.25, -0.2) is 0 Å². The molecule has 0 saturated carbocycles. The average molecular weight is 266 g/mol. The van der Waals surface area contributed by atoms with Crippen molar-refractivity contribution in [2.24, 2.45) is 5.73 Å². The number of nitrogens with zero attached hydrogens (tertiary/aromatic N) is 1. The fourth-order valence-electron chi connectivity index (χ4n) is 1.35. The molecule has 7 heteroatoms. The SMILES string of the molecule is CCN(CC(F)(F)F)C(=O)C(N)c1cccs1. The van der Waals surface area contributed by atoms with E-state index < -0.39 is 24.7 Å². The summed E-state index contributed by atoms with van der Waals surface area (Å²) in [6.07, 6.45) is -4.40. The Kier molecular flexibility index (Phi) is 4.53. The zero-order chi connectivity index (χ0) is 13.1. The Hall–Kier alpha value is -1.08. The summed E-state index contributed by atoms with van der Waals surface area (Å²) >= 11 is 1.25. The summed E-state index contributed by atoms with van der Waals surface area (Å²) in [5, 5.41) is 1.72. The van der Waals surface area contributed by atoms with Gasteiger partial charge in [0, 0.05) is 11.4 Å². The maximum atomic E-state index is 12.2. The molecule has 0 aliphatic heterocycles. The Morgan fingerprint density at radius 2 is 2.24 bits per heavy atom. The molecule has 0 saturated heterocycles. The molecule has 1 atom stereocenters. The summed E-state index contributed by atoms with van der Waals surface area (Å²) in [5.41, 5.74) is 5.63. The van der Waals surface area contributed by atoms with Gasteiger partial charge in [0.25, 0.3) is 0 Å². The standard InChI is InChI=1S/C10H13F3N2OS/c1-2-15(6-10(11,12)13)9(16)8(14)7-4-3-5-17-7/h3-5,8H,2,6,14H2,1H3. The van der Waals surface area contributed by atoms with Gasteiger partial charge in [0.05, 0.1) is 0 Å². The number of rotatable bonds is 4. The first-order valence-corrected chi connectivity index (χ1v) is 5.87. The lowest BCUT2D eigenvalue weighted by molar-refractivity contribution is -0.161. The molecule has 1 unspecified atom stereocenters.